The fourth-order valence-corrected chi connectivity index (χ4v) is 4.88. The van der Waals surface area contributed by atoms with Crippen LogP contribution in [0.5, 0.6) is 5.75 Å². The van der Waals surface area contributed by atoms with Crippen molar-refractivity contribution in [1.82, 2.24) is 9.29 Å². The van der Waals surface area contributed by atoms with Crippen LogP contribution in [0.1, 0.15) is 28.9 Å². The summed E-state index contributed by atoms with van der Waals surface area (Å²) in [5, 5.41) is 0. The number of benzene rings is 1. The van der Waals surface area contributed by atoms with Crippen molar-refractivity contribution in [2.24, 2.45) is 11.7 Å². The van der Waals surface area contributed by atoms with Gasteiger partial charge in [0.15, 0.2) is 0 Å². The van der Waals surface area contributed by atoms with E-state index in [-0.39, 0.29) is 16.5 Å². The Labute approximate surface area is 163 Å². The maximum absolute atomic E-state index is 13.3. The maximum Gasteiger partial charge on any atom is 0.267 e. The lowest BCUT2D eigenvalue weighted by Gasteiger charge is -2.31. The van der Waals surface area contributed by atoms with Crippen LogP contribution in [0.2, 0.25) is 0 Å². The van der Waals surface area contributed by atoms with Crippen molar-refractivity contribution in [3.63, 3.8) is 0 Å². The highest BCUT2D eigenvalue weighted by Crippen LogP contribution is 2.26. The van der Waals surface area contributed by atoms with Gasteiger partial charge in [0.05, 0.1) is 11.5 Å². The number of nitrogens with two attached hydrogens (primary N) is 1. The third kappa shape index (κ3) is 4.48. The first-order valence-corrected chi connectivity index (χ1v) is 10.4. The molecule has 1 fully saturated rings. The number of piperidine rings is 1. The molecule has 3 rings (SSSR count). The lowest BCUT2D eigenvalue weighted by molar-refractivity contribution is 0.0995. The van der Waals surface area contributed by atoms with Gasteiger partial charge in [-0.2, -0.15) is 4.31 Å². The predicted molar refractivity (Wildman–Crippen MR) is 101 cm³/mol. The summed E-state index contributed by atoms with van der Waals surface area (Å²) < 4.78 is 46.1. The first-order chi connectivity index (χ1) is 13.3. The van der Waals surface area contributed by atoms with E-state index < -0.39 is 21.7 Å². The first-order valence-electron chi connectivity index (χ1n) is 8.92. The number of ether oxygens (including phenoxy) is 1. The van der Waals surface area contributed by atoms with Gasteiger partial charge in [-0.3, -0.25) is 9.78 Å². The molecule has 150 valence electrons. The van der Waals surface area contributed by atoms with Gasteiger partial charge in [0.25, 0.3) is 5.91 Å². The molecule has 0 atom stereocenters. The SMILES string of the molecule is Cc1cc(F)ccc1S(=O)(=O)N1CCC(COc2ccnc(C(N)=O)c2)CC1. The monoisotopic (exact) mass is 407 g/mol. The summed E-state index contributed by atoms with van der Waals surface area (Å²) in [6, 6.07) is 6.83. The molecular weight excluding hydrogens is 385 g/mol. The standard InChI is InChI=1S/C19H22FN3O4S/c1-13-10-15(20)2-3-18(13)28(25,26)23-8-5-14(6-9-23)12-27-16-4-7-22-17(11-16)19(21)24/h2-4,7,10-11,14H,5-6,8-9,12H2,1H3,(H2,21,24). The second-order valence-electron chi connectivity index (χ2n) is 6.81. The number of aryl methyl sites for hydroxylation is 1. The number of carbonyl (C=O) groups excluding carboxylic acids is 1. The van der Waals surface area contributed by atoms with E-state index in [1.54, 1.807) is 13.0 Å². The van der Waals surface area contributed by atoms with Crippen LogP contribution < -0.4 is 10.5 Å². The van der Waals surface area contributed by atoms with Gasteiger partial charge in [0.1, 0.15) is 17.3 Å². The maximum atomic E-state index is 13.3. The number of hydrogen-bond acceptors (Lipinski definition) is 5. The topological polar surface area (TPSA) is 103 Å². The Morgan fingerprint density at radius 2 is 2.00 bits per heavy atom. The fraction of sp³-hybridized carbons (Fsp3) is 0.368. The Balaban J connectivity index is 1.58. The molecule has 0 radical (unpaired) electrons. The molecule has 9 heteroatoms. The van der Waals surface area contributed by atoms with Crippen LogP contribution in [0.3, 0.4) is 0 Å². The Kier molecular flexibility index (Phi) is 5.95. The fourth-order valence-electron chi connectivity index (χ4n) is 3.21. The molecule has 1 aliphatic rings. The molecule has 0 bridgehead atoms. The lowest BCUT2D eigenvalue weighted by Crippen LogP contribution is -2.39. The van der Waals surface area contributed by atoms with Crippen LogP contribution in [-0.2, 0) is 10.0 Å². The molecule has 1 amide bonds. The van der Waals surface area contributed by atoms with Crippen LogP contribution in [0.15, 0.2) is 41.4 Å². The molecule has 0 spiro atoms. The Morgan fingerprint density at radius 1 is 1.29 bits per heavy atom. The normalized spacial score (nSPS) is 16.1. The largest absolute Gasteiger partial charge is 0.493 e. The zero-order valence-corrected chi connectivity index (χ0v) is 16.3. The van der Waals surface area contributed by atoms with Crippen LogP contribution in [0.4, 0.5) is 4.39 Å². The third-order valence-electron chi connectivity index (χ3n) is 4.80. The predicted octanol–water partition coefficient (Wildman–Crippen LogP) is 2.11. The molecule has 1 aromatic heterocycles. The molecule has 0 unspecified atom stereocenters. The second-order valence-corrected chi connectivity index (χ2v) is 8.72. The number of pyridine rings is 1. The molecule has 1 saturated heterocycles. The zero-order chi connectivity index (χ0) is 20.3. The molecule has 1 aromatic carbocycles. The van der Waals surface area contributed by atoms with Gasteiger partial charge in [-0.05, 0) is 55.5 Å². The minimum atomic E-state index is -3.65. The van der Waals surface area contributed by atoms with Gasteiger partial charge < -0.3 is 10.5 Å². The van der Waals surface area contributed by atoms with E-state index in [1.807, 2.05) is 0 Å². The van der Waals surface area contributed by atoms with E-state index >= 15 is 0 Å². The van der Waals surface area contributed by atoms with Crippen LogP contribution in [0.25, 0.3) is 0 Å². The highest BCUT2D eigenvalue weighted by molar-refractivity contribution is 7.89. The number of hydrogen-bond donors (Lipinski definition) is 1. The van der Waals surface area contributed by atoms with Crippen LogP contribution in [-0.4, -0.2) is 43.3 Å². The number of halogens is 1. The smallest absolute Gasteiger partial charge is 0.267 e. The molecule has 28 heavy (non-hydrogen) atoms. The Hall–Kier alpha value is -2.52. The Morgan fingerprint density at radius 3 is 2.64 bits per heavy atom. The molecule has 2 N–H and O–H groups in total. The third-order valence-corrected chi connectivity index (χ3v) is 6.86. The van der Waals surface area contributed by atoms with Gasteiger partial charge in [-0.1, -0.05) is 0 Å². The summed E-state index contributed by atoms with van der Waals surface area (Å²) in [6.07, 6.45) is 2.75. The van der Waals surface area contributed by atoms with E-state index in [2.05, 4.69) is 4.98 Å². The highest BCUT2D eigenvalue weighted by atomic mass is 32.2. The van der Waals surface area contributed by atoms with E-state index in [9.17, 15) is 17.6 Å². The Bertz CT molecular complexity index is 973. The highest BCUT2D eigenvalue weighted by Gasteiger charge is 2.30. The van der Waals surface area contributed by atoms with Gasteiger partial charge in [-0.15, -0.1) is 0 Å². The van der Waals surface area contributed by atoms with Crippen molar-refractivity contribution in [1.29, 1.82) is 0 Å². The number of carbonyl (C=O) groups is 1. The van der Waals surface area contributed by atoms with E-state index in [0.29, 0.717) is 43.9 Å². The summed E-state index contributed by atoms with van der Waals surface area (Å²) in [4.78, 5) is 15.2. The molecule has 0 saturated carbocycles. The summed E-state index contributed by atoms with van der Waals surface area (Å²) in [7, 11) is -3.65. The van der Waals surface area contributed by atoms with Crippen molar-refractivity contribution in [3.05, 3.63) is 53.6 Å². The van der Waals surface area contributed by atoms with Gasteiger partial charge >= 0.3 is 0 Å². The number of sulfonamides is 1. The number of primary amides is 1. The summed E-state index contributed by atoms with van der Waals surface area (Å²) in [5.74, 6) is -0.394. The van der Waals surface area contributed by atoms with Gasteiger partial charge in [0.2, 0.25) is 10.0 Å². The number of rotatable bonds is 6. The molecule has 7 nitrogen and oxygen atoms in total. The quantitative estimate of drug-likeness (QED) is 0.790. The molecular formula is C19H22FN3O4S. The summed E-state index contributed by atoms with van der Waals surface area (Å²) >= 11 is 0. The van der Waals surface area contributed by atoms with Crippen molar-refractivity contribution >= 4 is 15.9 Å². The summed E-state index contributed by atoms with van der Waals surface area (Å²) in [6.45, 7) is 2.74. The van der Waals surface area contributed by atoms with Crippen molar-refractivity contribution in [3.8, 4) is 5.75 Å². The number of aromatic nitrogens is 1. The average molecular weight is 407 g/mol. The zero-order valence-electron chi connectivity index (χ0n) is 15.5. The first kappa shape index (κ1) is 20.2. The van der Waals surface area contributed by atoms with Crippen molar-refractivity contribution < 1.29 is 22.3 Å². The van der Waals surface area contributed by atoms with Crippen molar-refractivity contribution in [2.75, 3.05) is 19.7 Å². The van der Waals surface area contributed by atoms with Gasteiger partial charge in [-0.25, -0.2) is 12.8 Å². The second kappa shape index (κ2) is 8.24. The molecule has 0 aliphatic carbocycles. The number of nitrogens with zero attached hydrogens (tertiary/aromatic N) is 2. The average Bonchev–Trinajstić information content (AvgIpc) is 2.66. The molecule has 2 aromatic rings. The number of amides is 1. The van der Waals surface area contributed by atoms with E-state index in [0.717, 1.165) is 6.07 Å². The van der Waals surface area contributed by atoms with Crippen LogP contribution >= 0.6 is 0 Å². The van der Waals surface area contributed by atoms with Crippen LogP contribution in [0, 0.1) is 18.7 Å². The van der Waals surface area contributed by atoms with Crippen molar-refractivity contribution in [2.45, 2.75) is 24.7 Å². The lowest BCUT2D eigenvalue weighted by atomic mass is 9.99. The van der Waals surface area contributed by atoms with E-state index in [1.165, 1.54) is 28.7 Å². The van der Waals surface area contributed by atoms with Gasteiger partial charge in [0, 0.05) is 25.4 Å². The molecule has 1 aliphatic heterocycles. The van der Waals surface area contributed by atoms with E-state index in [4.69, 9.17) is 10.5 Å². The summed E-state index contributed by atoms with van der Waals surface area (Å²) in [5.41, 5.74) is 5.73. The minimum absolute atomic E-state index is 0.132. The molecule has 2 heterocycles. The minimum Gasteiger partial charge on any atom is -0.493 e.